The van der Waals surface area contributed by atoms with Crippen molar-refractivity contribution in [3.63, 3.8) is 0 Å². The highest BCUT2D eigenvalue weighted by Crippen LogP contribution is 2.00. The number of hydrogen-bond donors (Lipinski definition) is 0. The molecule has 0 unspecified atom stereocenters. The van der Waals surface area contributed by atoms with Crippen molar-refractivity contribution in [3.8, 4) is 0 Å². The highest BCUT2D eigenvalue weighted by molar-refractivity contribution is 5.89. The largest absolute Gasteiger partial charge is 0.295 e. The third-order valence-electron chi connectivity index (χ3n) is 2.10. The smallest absolute Gasteiger partial charge is 0.155 e. The maximum Gasteiger partial charge on any atom is 0.155 e. The van der Waals surface area contributed by atoms with Crippen molar-refractivity contribution in [1.82, 2.24) is 0 Å². The normalized spacial score (nSPS) is 11.3. The van der Waals surface area contributed by atoms with Crippen molar-refractivity contribution >= 4 is 5.78 Å². The van der Waals surface area contributed by atoms with Gasteiger partial charge in [0.15, 0.2) is 5.78 Å². The van der Waals surface area contributed by atoms with Crippen LogP contribution in [-0.2, 0) is 4.79 Å². The quantitative estimate of drug-likeness (QED) is 0.314. The minimum Gasteiger partial charge on any atom is -0.295 e. The first kappa shape index (κ1) is 13.9. The van der Waals surface area contributed by atoms with Crippen LogP contribution in [0.15, 0.2) is 37.0 Å². The Balaban J connectivity index is 3.33. The van der Waals surface area contributed by atoms with Crippen molar-refractivity contribution in [2.24, 2.45) is 0 Å². The molecule has 0 atom stereocenters. The van der Waals surface area contributed by atoms with E-state index in [2.05, 4.69) is 18.7 Å². The lowest BCUT2D eigenvalue weighted by Crippen LogP contribution is -1.86. The van der Waals surface area contributed by atoms with Crippen LogP contribution in [-0.4, -0.2) is 5.78 Å². The minimum absolute atomic E-state index is 0.213. The highest BCUT2D eigenvalue weighted by atomic mass is 16.1. The Morgan fingerprint density at radius 1 is 1.07 bits per heavy atom. The average molecular weight is 206 g/mol. The molecule has 1 heteroatoms. The van der Waals surface area contributed by atoms with Crippen LogP contribution in [0, 0.1) is 0 Å². The van der Waals surface area contributed by atoms with Crippen LogP contribution in [0.1, 0.15) is 45.4 Å². The molecule has 0 saturated carbocycles. The molecule has 0 aliphatic rings. The second-order valence-electron chi connectivity index (χ2n) is 3.49. The van der Waals surface area contributed by atoms with Crippen LogP contribution >= 0.6 is 0 Å². The molecule has 0 aliphatic carbocycles. The first-order valence-electron chi connectivity index (χ1n) is 5.76. The number of ketones is 1. The monoisotopic (exact) mass is 206 g/mol. The van der Waals surface area contributed by atoms with Gasteiger partial charge in [0.05, 0.1) is 0 Å². The van der Waals surface area contributed by atoms with Crippen LogP contribution in [0.5, 0.6) is 0 Å². The molecule has 0 amide bonds. The Hall–Kier alpha value is -1.11. The summed E-state index contributed by atoms with van der Waals surface area (Å²) >= 11 is 0. The summed E-state index contributed by atoms with van der Waals surface area (Å²) in [4.78, 5) is 10.9. The molecule has 0 heterocycles. The van der Waals surface area contributed by atoms with Crippen molar-refractivity contribution in [3.05, 3.63) is 37.0 Å². The van der Waals surface area contributed by atoms with Crippen molar-refractivity contribution in [2.45, 2.75) is 45.4 Å². The second kappa shape index (κ2) is 11.0. The molecule has 0 N–H and O–H groups in total. The van der Waals surface area contributed by atoms with Crippen LogP contribution in [0.2, 0.25) is 0 Å². The molecule has 0 fully saturated rings. The van der Waals surface area contributed by atoms with Crippen LogP contribution in [0.3, 0.4) is 0 Å². The Labute approximate surface area is 93.6 Å². The fourth-order valence-corrected chi connectivity index (χ4v) is 1.14. The number of hydrogen-bond acceptors (Lipinski definition) is 1. The van der Waals surface area contributed by atoms with Gasteiger partial charge in [-0.15, -0.1) is 6.58 Å². The molecule has 0 aromatic heterocycles. The maximum atomic E-state index is 10.9. The molecular weight excluding hydrogens is 184 g/mol. The third-order valence-corrected chi connectivity index (χ3v) is 2.10. The van der Waals surface area contributed by atoms with Gasteiger partial charge in [0.2, 0.25) is 0 Å². The minimum atomic E-state index is 0.213. The SMILES string of the molecule is C=CCCC/C=C/CC/C=C/C(=O)CC. The second-order valence-corrected chi connectivity index (χ2v) is 3.49. The molecule has 0 spiro atoms. The lowest BCUT2D eigenvalue weighted by Gasteiger charge is -1.90. The van der Waals surface area contributed by atoms with Crippen LogP contribution in [0.4, 0.5) is 0 Å². The highest BCUT2D eigenvalue weighted by Gasteiger charge is 1.87. The Kier molecular flexibility index (Phi) is 10.2. The van der Waals surface area contributed by atoms with E-state index in [1.807, 2.05) is 19.1 Å². The molecule has 0 rings (SSSR count). The molecular formula is C14H22O. The van der Waals surface area contributed by atoms with E-state index >= 15 is 0 Å². The van der Waals surface area contributed by atoms with Gasteiger partial charge in [-0.05, 0) is 38.2 Å². The summed E-state index contributed by atoms with van der Waals surface area (Å²) < 4.78 is 0. The number of allylic oxidation sites excluding steroid dienone is 5. The predicted octanol–water partition coefficient (Wildman–Crippen LogP) is 4.21. The zero-order valence-electron chi connectivity index (χ0n) is 9.74. The van der Waals surface area contributed by atoms with Crippen molar-refractivity contribution in [2.75, 3.05) is 0 Å². The van der Waals surface area contributed by atoms with Crippen molar-refractivity contribution < 1.29 is 4.79 Å². The summed E-state index contributed by atoms with van der Waals surface area (Å²) in [5.74, 6) is 0.213. The molecule has 0 radical (unpaired) electrons. The standard InChI is InChI=1S/C14H22O/c1-3-5-6-7-8-9-10-11-12-13-14(15)4-2/h3,8-9,12-13H,1,4-7,10-11H2,2H3/b9-8+,13-12+. The van der Waals surface area contributed by atoms with E-state index in [0.717, 1.165) is 25.7 Å². The maximum absolute atomic E-state index is 10.9. The van der Waals surface area contributed by atoms with E-state index in [0.29, 0.717) is 6.42 Å². The topological polar surface area (TPSA) is 17.1 Å². The fraction of sp³-hybridized carbons (Fsp3) is 0.500. The summed E-state index contributed by atoms with van der Waals surface area (Å²) in [6.07, 6.45) is 16.0. The summed E-state index contributed by atoms with van der Waals surface area (Å²) in [5.41, 5.74) is 0. The van der Waals surface area contributed by atoms with Crippen molar-refractivity contribution in [1.29, 1.82) is 0 Å². The Bertz CT molecular complexity index is 223. The molecule has 0 aromatic carbocycles. The van der Waals surface area contributed by atoms with Crippen LogP contribution < -0.4 is 0 Å². The zero-order chi connectivity index (χ0) is 11.4. The number of carbonyl (C=O) groups excluding carboxylic acids is 1. The Morgan fingerprint density at radius 3 is 2.40 bits per heavy atom. The van der Waals surface area contributed by atoms with Gasteiger partial charge in [-0.1, -0.05) is 31.2 Å². The van der Waals surface area contributed by atoms with Gasteiger partial charge in [-0.2, -0.15) is 0 Å². The van der Waals surface area contributed by atoms with Gasteiger partial charge in [-0.3, -0.25) is 4.79 Å². The number of unbranched alkanes of at least 4 members (excludes halogenated alkanes) is 3. The van der Waals surface area contributed by atoms with E-state index in [4.69, 9.17) is 0 Å². The molecule has 0 saturated heterocycles. The molecule has 0 aromatic rings. The van der Waals surface area contributed by atoms with Gasteiger partial charge >= 0.3 is 0 Å². The van der Waals surface area contributed by atoms with E-state index in [1.165, 1.54) is 6.42 Å². The molecule has 15 heavy (non-hydrogen) atoms. The molecule has 0 aliphatic heterocycles. The molecule has 84 valence electrons. The summed E-state index contributed by atoms with van der Waals surface area (Å²) in [5, 5.41) is 0. The summed E-state index contributed by atoms with van der Waals surface area (Å²) in [6, 6.07) is 0. The van der Waals surface area contributed by atoms with E-state index in [-0.39, 0.29) is 5.78 Å². The lowest BCUT2D eigenvalue weighted by molar-refractivity contribution is -0.114. The van der Waals surface area contributed by atoms with Gasteiger partial charge in [-0.25, -0.2) is 0 Å². The number of carbonyl (C=O) groups is 1. The first-order valence-corrected chi connectivity index (χ1v) is 5.76. The molecule has 1 nitrogen and oxygen atoms in total. The van der Waals surface area contributed by atoms with Gasteiger partial charge < -0.3 is 0 Å². The molecule has 0 bridgehead atoms. The van der Waals surface area contributed by atoms with Gasteiger partial charge in [0.1, 0.15) is 0 Å². The van der Waals surface area contributed by atoms with Crippen LogP contribution in [0.25, 0.3) is 0 Å². The Morgan fingerprint density at radius 2 is 1.73 bits per heavy atom. The van der Waals surface area contributed by atoms with E-state index in [1.54, 1.807) is 6.08 Å². The third kappa shape index (κ3) is 10.8. The van der Waals surface area contributed by atoms with Gasteiger partial charge in [0.25, 0.3) is 0 Å². The fourth-order valence-electron chi connectivity index (χ4n) is 1.14. The van der Waals surface area contributed by atoms with E-state index in [9.17, 15) is 4.79 Å². The zero-order valence-corrected chi connectivity index (χ0v) is 9.74. The van der Waals surface area contributed by atoms with E-state index < -0.39 is 0 Å². The summed E-state index contributed by atoms with van der Waals surface area (Å²) in [6.45, 7) is 5.56. The average Bonchev–Trinajstić information content (AvgIpc) is 2.26. The summed E-state index contributed by atoms with van der Waals surface area (Å²) in [7, 11) is 0. The predicted molar refractivity (Wildman–Crippen MR) is 66.9 cm³/mol. The first-order chi connectivity index (χ1) is 7.31. The number of rotatable bonds is 9. The van der Waals surface area contributed by atoms with Gasteiger partial charge in [0, 0.05) is 6.42 Å². The lowest BCUT2D eigenvalue weighted by atomic mass is 10.2.